The lowest BCUT2D eigenvalue weighted by molar-refractivity contribution is 1.26. The third-order valence-corrected chi connectivity index (χ3v) is 12.7. The number of fused-ring (bicyclic) bond motifs is 11. The first-order chi connectivity index (χ1) is 23.2. The van der Waals surface area contributed by atoms with E-state index in [-0.39, 0.29) is 0 Å². The maximum absolute atomic E-state index is 2.42. The van der Waals surface area contributed by atoms with Crippen LogP contribution >= 0.6 is 22.7 Å². The molecule has 1 aliphatic carbocycles. The predicted molar refractivity (Wildman–Crippen MR) is 206 cm³/mol. The maximum atomic E-state index is 2.42. The molecule has 47 heavy (non-hydrogen) atoms. The molecule has 0 atom stereocenters. The topological polar surface area (TPSA) is 0 Å². The van der Waals surface area contributed by atoms with Crippen LogP contribution in [-0.4, -0.2) is 0 Å². The molecule has 0 bridgehead atoms. The first-order valence-electron chi connectivity index (χ1n) is 16.2. The van der Waals surface area contributed by atoms with Gasteiger partial charge in [-0.2, -0.15) is 0 Å². The Labute approximate surface area is 279 Å². The van der Waals surface area contributed by atoms with E-state index in [0.717, 1.165) is 6.42 Å². The average molecular weight is 631 g/mol. The normalized spacial score (nSPS) is 12.6. The second kappa shape index (κ2) is 9.62. The molecule has 8 aromatic carbocycles. The fraction of sp³-hybridized carbons (Fsp3) is 0.0222. The van der Waals surface area contributed by atoms with Crippen LogP contribution in [0.1, 0.15) is 11.1 Å². The van der Waals surface area contributed by atoms with E-state index in [1.165, 1.54) is 106 Å². The van der Waals surface area contributed by atoms with Gasteiger partial charge in [-0.1, -0.05) is 103 Å². The molecule has 0 aliphatic heterocycles. The van der Waals surface area contributed by atoms with Gasteiger partial charge in [0.15, 0.2) is 0 Å². The van der Waals surface area contributed by atoms with E-state index in [9.17, 15) is 0 Å². The number of hydrogen-bond donors (Lipinski definition) is 0. The van der Waals surface area contributed by atoms with Crippen molar-refractivity contribution in [1.82, 2.24) is 0 Å². The molecule has 0 N–H and O–H groups in total. The fourth-order valence-corrected chi connectivity index (χ4v) is 10.5. The van der Waals surface area contributed by atoms with Crippen LogP contribution in [0, 0.1) is 0 Å². The molecule has 0 fully saturated rings. The summed E-state index contributed by atoms with van der Waals surface area (Å²) in [6, 6.07) is 54.8. The summed E-state index contributed by atoms with van der Waals surface area (Å²) in [4.78, 5) is 0. The van der Waals surface area contributed by atoms with E-state index in [1.54, 1.807) is 0 Å². The van der Waals surface area contributed by atoms with Crippen molar-refractivity contribution < 1.29 is 0 Å². The van der Waals surface area contributed by atoms with E-state index in [1.807, 2.05) is 22.7 Å². The van der Waals surface area contributed by atoms with Gasteiger partial charge in [-0.15, -0.1) is 22.7 Å². The lowest BCUT2D eigenvalue weighted by Gasteiger charge is -2.09. The van der Waals surface area contributed by atoms with Crippen molar-refractivity contribution in [2.75, 3.05) is 0 Å². The Hall–Kier alpha value is -5.28. The van der Waals surface area contributed by atoms with Gasteiger partial charge >= 0.3 is 0 Å². The van der Waals surface area contributed by atoms with Crippen molar-refractivity contribution in [3.05, 3.63) is 157 Å². The molecule has 0 nitrogen and oxygen atoms in total. The van der Waals surface area contributed by atoms with Crippen molar-refractivity contribution >= 4 is 84.6 Å². The van der Waals surface area contributed by atoms with E-state index in [0.29, 0.717) is 0 Å². The van der Waals surface area contributed by atoms with Crippen LogP contribution < -0.4 is 0 Å². The highest BCUT2D eigenvalue weighted by molar-refractivity contribution is 7.36. The molecule has 0 spiro atoms. The van der Waals surface area contributed by atoms with Crippen molar-refractivity contribution in [3.63, 3.8) is 0 Å². The number of rotatable bonds is 2. The minimum absolute atomic E-state index is 1.02. The van der Waals surface area contributed by atoms with E-state index in [4.69, 9.17) is 0 Å². The summed E-state index contributed by atoms with van der Waals surface area (Å²) < 4.78 is 5.58. The lowest BCUT2D eigenvalue weighted by atomic mass is 9.95. The Morgan fingerprint density at radius 2 is 0.809 bits per heavy atom. The quantitative estimate of drug-likeness (QED) is 0.178. The molecule has 10 aromatic rings. The van der Waals surface area contributed by atoms with Crippen LogP contribution in [0.2, 0.25) is 0 Å². The van der Waals surface area contributed by atoms with Gasteiger partial charge in [-0.25, -0.2) is 0 Å². The van der Waals surface area contributed by atoms with Crippen molar-refractivity contribution in [2.24, 2.45) is 0 Å². The highest BCUT2D eigenvalue weighted by Crippen LogP contribution is 2.46. The standard InChI is InChI=1S/C45H26S2/c1-2-6-27-24-42-40(22-26(27)5-1)44-45(46-42)41-23-36-19-32(13-14-34(36)25-43(41)47-44)30-11-9-29-18-31(12-10-28(29)17-30)33-15-16-39-37(20-33)21-35-7-3-4-8-38(35)39/h1-20,22-25H,21H2. The lowest BCUT2D eigenvalue weighted by Crippen LogP contribution is -1.85. The first-order valence-corrected chi connectivity index (χ1v) is 17.8. The number of thiophene rings is 2. The number of hydrogen-bond acceptors (Lipinski definition) is 2. The van der Waals surface area contributed by atoms with Gasteiger partial charge in [-0.3, -0.25) is 0 Å². The minimum atomic E-state index is 1.02. The van der Waals surface area contributed by atoms with Gasteiger partial charge in [0.1, 0.15) is 0 Å². The largest absolute Gasteiger partial charge is 0.134 e. The molecular weight excluding hydrogens is 605 g/mol. The van der Waals surface area contributed by atoms with Crippen LogP contribution in [0.15, 0.2) is 146 Å². The van der Waals surface area contributed by atoms with Gasteiger partial charge in [0.05, 0.1) is 9.40 Å². The summed E-state index contributed by atoms with van der Waals surface area (Å²) in [6.07, 6.45) is 1.02. The Kier molecular flexibility index (Phi) is 5.29. The minimum Gasteiger partial charge on any atom is -0.134 e. The summed E-state index contributed by atoms with van der Waals surface area (Å²) in [5.74, 6) is 0. The van der Waals surface area contributed by atoms with Gasteiger partial charge < -0.3 is 0 Å². The van der Waals surface area contributed by atoms with Crippen LogP contribution in [0.25, 0.3) is 95.3 Å². The van der Waals surface area contributed by atoms with Crippen molar-refractivity contribution in [2.45, 2.75) is 6.42 Å². The second-order valence-corrected chi connectivity index (χ2v) is 15.1. The molecule has 11 rings (SSSR count). The van der Waals surface area contributed by atoms with Gasteiger partial charge in [0.2, 0.25) is 0 Å². The summed E-state index contributed by atoms with van der Waals surface area (Å²) in [6.45, 7) is 0. The zero-order valence-corrected chi connectivity index (χ0v) is 27.0. The fourth-order valence-electron chi connectivity index (χ4n) is 7.80. The molecule has 0 radical (unpaired) electrons. The first kappa shape index (κ1) is 25.9. The monoisotopic (exact) mass is 630 g/mol. The summed E-state index contributed by atoms with van der Waals surface area (Å²) in [7, 11) is 0. The third-order valence-electron chi connectivity index (χ3n) is 10.2. The van der Waals surface area contributed by atoms with Crippen LogP contribution in [0.4, 0.5) is 0 Å². The van der Waals surface area contributed by atoms with Crippen LogP contribution in [-0.2, 0) is 6.42 Å². The zero-order chi connectivity index (χ0) is 30.6. The Balaban J connectivity index is 0.965. The van der Waals surface area contributed by atoms with E-state index in [2.05, 4.69) is 146 Å². The smallest absolute Gasteiger partial charge is 0.0542 e. The maximum Gasteiger partial charge on any atom is 0.0542 e. The Bertz CT molecular complexity index is 2940. The summed E-state index contributed by atoms with van der Waals surface area (Å²) in [5.41, 5.74) is 10.7. The second-order valence-electron chi connectivity index (χ2n) is 13.0. The molecule has 218 valence electrons. The molecule has 1 aliphatic rings. The molecule has 0 saturated carbocycles. The van der Waals surface area contributed by atoms with Crippen LogP contribution in [0.5, 0.6) is 0 Å². The Morgan fingerprint density at radius 3 is 1.49 bits per heavy atom. The van der Waals surface area contributed by atoms with E-state index < -0.39 is 0 Å². The molecular formula is C45H26S2. The Morgan fingerprint density at radius 1 is 0.340 bits per heavy atom. The van der Waals surface area contributed by atoms with Crippen molar-refractivity contribution in [1.29, 1.82) is 0 Å². The van der Waals surface area contributed by atoms with Crippen molar-refractivity contribution in [3.8, 4) is 33.4 Å². The highest BCUT2D eigenvalue weighted by atomic mass is 32.1. The molecule has 2 aromatic heterocycles. The van der Waals surface area contributed by atoms with E-state index >= 15 is 0 Å². The zero-order valence-electron chi connectivity index (χ0n) is 25.4. The molecule has 2 heteroatoms. The molecule has 0 saturated heterocycles. The van der Waals surface area contributed by atoms with Gasteiger partial charge in [0.25, 0.3) is 0 Å². The molecule has 2 heterocycles. The highest BCUT2D eigenvalue weighted by Gasteiger charge is 2.18. The predicted octanol–water partition coefficient (Wildman–Crippen LogP) is 13.6. The number of benzene rings is 8. The summed E-state index contributed by atoms with van der Waals surface area (Å²) in [5, 5.41) is 10.5. The molecule has 0 unspecified atom stereocenters. The van der Waals surface area contributed by atoms with Crippen LogP contribution in [0.3, 0.4) is 0 Å². The molecule has 0 amide bonds. The summed E-state index contributed by atoms with van der Waals surface area (Å²) >= 11 is 3.87. The average Bonchev–Trinajstić information content (AvgIpc) is 3.78. The third kappa shape index (κ3) is 3.92. The van der Waals surface area contributed by atoms with Gasteiger partial charge in [-0.05, 0) is 126 Å². The van der Waals surface area contributed by atoms with Gasteiger partial charge in [0, 0.05) is 20.2 Å². The SMILES string of the molecule is c1ccc2c(c1)Cc1cc(-c3ccc4cc(-c5ccc6cc7sc8c9cc%10ccccc%10cc9sc8c7cc6c5)ccc4c3)ccc1-2.